The van der Waals surface area contributed by atoms with Crippen LogP contribution in [0.15, 0.2) is 28.9 Å². The van der Waals surface area contributed by atoms with E-state index in [1.807, 2.05) is 20.8 Å². The van der Waals surface area contributed by atoms with E-state index in [0.717, 1.165) is 0 Å². The Morgan fingerprint density at radius 1 is 1.42 bits per heavy atom. The van der Waals surface area contributed by atoms with Crippen LogP contribution in [-0.2, 0) is 5.41 Å². The van der Waals surface area contributed by atoms with Gasteiger partial charge in [0, 0.05) is 17.7 Å². The van der Waals surface area contributed by atoms with Crippen molar-refractivity contribution in [2.24, 2.45) is 0 Å². The molecule has 0 aliphatic rings. The van der Waals surface area contributed by atoms with Crippen LogP contribution in [-0.4, -0.2) is 16.0 Å². The lowest BCUT2D eigenvalue weighted by Gasteiger charge is -2.12. The molecule has 0 aliphatic heterocycles. The molecule has 2 rings (SSSR count). The second-order valence-electron chi connectivity index (χ2n) is 5.12. The molecule has 0 saturated heterocycles. The predicted octanol–water partition coefficient (Wildman–Crippen LogP) is 2.76. The average molecular weight is 263 g/mol. The Hall–Kier alpha value is -2.24. The van der Waals surface area contributed by atoms with Gasteiger partial charge in [0.05, 0.1) is 11.3 Å². The normalized spacial score (nSPS) is 11.4. The molecule has 0 unspecified atom stereocenters. The van der Waals surface area contributed by atoms with Gasteiger partial charge in [0.25, 0.3) is 5.91 Å². The second-order valence-corrected chi connectivity index (χ2v) is 5.12. The molecule has 0 aliphatic carbocycles. The zero-order chi connectivity index (χ0) is 14.0. The lowest BCUT2D eigenvalue weighted by molar-refractivity contribution is 0.101. The molecule has 19 heavy (non-hydrogen) atoms. The molecular formula is C13H14FN3O2. The standard InChI is InChI=1S/C13H14FN3O2/c1-13(2,3)9-7-10(19-17-9)16-12(18)8-5-4-6-15-11(8)14/h4-7H,1-3H3,(H,16,18). The van der Waals surface area contributed by atoms with Crippen molar-refractivity contribution in [3.63, 3.8) is 0 Å². The van der Waals surface area contributed by atoms with Crippen LogP contribution in [0.25, 0.3) is 0 Å². The maximum Gasteiger partial charge on any atom is 0.262 e. The van der Waals surface area contributed by atoms with Gasteiger partial charge in [-0.15, -0.1) is 0 Å². The maximum atomic E-state index is 13.3. The van der Waals surface area contributed by atoms with Gasteiger partial charge in [0.1, 0.15) is 0 Å². The minimum absolute atomic E-state index is 0.142. The Kier molecular flexibility index (Phi) is 3.33. The Morgan fingerprint density at radius 3 is 2.74 bits per heavy atom. The van der Waals surface area contributed by atoms with E-state index in [4.69, 9.17) is 4.52 Å². The highest BCUT2D eigenvalue weighted by atomic mass is 19.1. The van der Waals surface area contributed by atoms with Gasteiger partial charge in [0.2, 0.25) is 11.8 Å². The van der Waals surface area contributed by atoms with Crippen molar-refractivity contribution in [3.8, 4) is 0 Å². The molecule has 0 fully saturated rings. The lowest BCUT2D eigenvalue weighted by atomic mass is 9.92. The van der Waals surface area contributed by atoms with E-state index in [2.05, 4.69) is 15.5 Å². The number of hydrogen-bond acceptors (Lipinski definition) is 4. The number of pyridine rings is 1. The van der Waals surface area contributed by atoms with E-state index in [9.17, 15) is 9.18 Å². The topological polar surface area (TPSA) is 68.0 Å². The highest BCUT2D eigenvalue weighted by Crippen LogP contribution is 2.23. The summed E-state index contributed by atoms with van der Waals surface area (Å²) in [5.41, 5.74) is 0.372. The van der Waals surface area contributed by atoms with Crippen LogP contribution in [0.1, 0.15) is 36.8 Å². The summed E-state index contributed by atoms with van der Waals surface area (Å²) in [6, 6.07) is 4.45. The monoisotopic (exact) mass is 263 g/mol. The summed E-state index contributed by atoms with van der Waals surface area (Å²) in [7, 11) is 0. The van der Waals surface area contributed by atoms with Gasteiger partial charge in [-0.3, -0.25) is 10.1 Å². The van der Waals surface area contributed by atoms with Gasteiger partial charge in [-0.25, -0.2) is 4.98 Å². The molecule has 0 atom stereocenters. The number of nitrogens with one attached hydrogen (secondary N) is 1. The van der Waals surface area contributed by atoms with Crippen LogP contribution in [0.2, 0.25) is 0 Å². The number of rotatable bonds is 2. The minimum atomic E-state index is -0.824. The number of nitrogens with zero attached hydrogens (tertiary/aromatic N) is 2. The van der Waals surface area contributed by atoms with E-state index in [1.165, 1.54) is 18.3 Å². The highest BCUT2D eigenvalue weighted by Gasteiger charge is 2.20. The van der Waals surface area contributed by atoms with Crippen LogP contribution in [0.3, 0.4) is 0 Å². The zero-order valence-corrected chi connectivity index (χ0v) is 10.9. The van der Waals surface area contributed by atoms with Crippen LogP contribution < -0.4 is 5.32 Å². The summed E-state index contributed by atoms with van der Waals surface area (Å²) in [5.74, 6) is -1.27. The van der Waals surface area contributed by atoms with Crippen LogP contribution >= 0.6 is 0 Å². The van der Waals surface area contributed by atoms with Crippen molar-refractivity contribution < 1.29 is 13.7 Å². The lowest BCUT2D eigenvalue weighted by Crippen LogP contribution is -2.14. The number of amides is 1. The van der Waals surface area contributed by atoms with Gasteiger partial charge in [-0.05, 0) is 12.1 Å². The molecule has 2 aromatic rings. The first kappa shape index (κ1) is 13.2. The smallest absolute Gasteiger partial charge is 0.262 e. The van der Waals surface area contributed by atoms with Crippen LogP contribution in [0.4, 0.5) is 10.3 Å². The molecule has 0 bridgehead atoms. The van der Waals surface area contributed by atoms with Crippen molar-refractivity contribution >= 4 is 11.8 Å². The molecule has 0 saturated carbocycles. The van der Waals surface area contributed by atoms with Crippen molar-refractivity contribution in [1.82, 2.24) is 10.1 Å². The van der Waals surface area contributed by atoms with E-state index in [0.29, 0.717) is 5.69 Å². The molecular weight excluding hydrogens is 249 g/mol. The van der Waals surface area contributed by atoms with E-state index < -0.39 is 11.9 Å². The Balaban J connectivity index is 2.16. The molecule has 0 radical (unpaired) electrons. The summed E-state index contributed by atoms with van der Waals surface area (Å²) in [4.78, 5) is 15.2. The van der Waals surface area contributed by atoms with Gasteiger partial charge >= 0.3 is 0 Å². The fourth-order valence-electron chi connectivity index (χ4n) is 1.42. The van der Waals surface area contributed by atoms with Gasteiger partial charge in [-0.1, -0.05) is 25.9 Å². The molecule has 5 nitrogen and oxygen atoms in total. The summed E-state index contributed by atoms with van der Waals surface area (Å²) in [6.07, 6.45) is 1.28. The van der Waals surface area contributed by atoms with Gasteiger partial charge in [-0.2, -0.15) is 4.39 Å². The maximum absolute atomic E-state index is 13.3. The Bertz CT molecular complexity index is 602. The predicted molar refractivity (Wildman–Crippen MR) is 67.4 cm³/mol. The summed E-state index contributed by atoms with van der Waals surface area (Å²) in [5, 5.41) is 6.30. The van der Waals surface area contributed by atoms with Crippen LogP contribution in [0.5, 0.6) is 0 Å². The molecule has 2 aromatic heterocycles. The van der Waals surface area contributed by atoms with Crippen molar-refractivity contribution in [1.29, 1.82) is 0 Å². The van der Waals surface area contributed by atoms with Crippen molar-refractivity contribution in [2.45, 2.75) is 26.2 Å². The number of anilines is 1. The average Bonchev–Trinajstić information content (AvgIpc) is 2.77. The highest BCUT2D eigenvalue weighted by molar-refractivity contribution is 6.03. The van der Waals surface area contributed by atoms with E-state index in [1.54, 1.807) is 6.07 Å². The summed E-state index contributed by atoms with van der Waals surface area (Å²) < 4.78 is 18.3. The molecule has 0 spiro atoms. The van der Waals surface area contributed by atoms with Gasteiger partial charge < -0.3 is 4.52 Å². The number of carbonyl (C=O) groups excluding carboxylic acids is 1. The Labute approximate surface area is 109 Å². The Morgan fingerprint density at radius 2 is 2.16 bits per heavy atom. The van der Waals surface area contributed by atoms with Crippen LogP contribution in [0, 0.1) is 5.95 Å². The minimum Gasteiger partial charge on any atom is -0.338 e. The fourth-order valence-corrected chi connectivity index (χ4v) is 1.42. The number of aromatic nitrogens is 2. The molecule has 1 N–H and O–H groups in total. The first-order valence-electron chi connectivity index (χ1n) is 5.77. The summed E-state index contributed by atoms with van der Waals surface area (Å²) >= 11 is 0. The number of hydrogen-bond donors (Lipinski definition) is 1. The second kappa shape index (κ2) is 4.79. The number of halogens is 1. The van der Waals surface area contributed by atoms with Gasteiger partial charge in [0.15, 0.2) is 0 Å². The van der Waals surface area contributed by atoms with E-state index >= 15 is 0 Å². The van der Waals surface area contributed by atoms with Crippen molar-refractivity contribution in [3.05, 3.63) is 41.6 Å². The first-order chi connectivity index (χ1) is 8.88. The molecule has 100 valence electrons. The van der Waals surface area contributed by atoms with E-state index in [-0.39, 0.29) is 16.9 Å². The molecule has 2 heterocycles. The largest absolute Gasteiger partial charge is 0.338 e. The zero-order valence-electron chi connectivity index (χ0n) is 10.9. The number of carbonyl (C=O) groups is 1. The molecule has 1 amide bonds. The fraction of sp³-hybridized carbons (Fsp3) is 0.308. The quantitative estimate of drug-likeness (QED) is 0.846. The summed E-state index contributed by atoms with van der Waals surface area (Å²) in [6.45, 7) is 5.91. The molecule has 0 aromatic carbocycles. The van der Waals surface area contributed by atoms with Crippen molar-refractivity contribution in [2.75, 3.05) is 5.32 Å². The first-order valence-corrected chi connectivity index (χ1v) is 5.77. The molecule has 6 heteroatoms. The third-order valence-corrected chi connectivity index (χ3v) is 2.52. The third kappa shape index (κ3) is 2.96. The SMILES string of the molecule is CC(C)(C)c1cc(NC(=O)c2cccnc2F)on1. The third-order valence-electron chi connectivity index (χ3n) is 2.52.